The predicted octanol–water partition coefficient (Wildman–Crippen LogP) is 4.55. The van der Waals surface area contributed by atoms with Gasteiger partial charge >= 0.3 is 5.76 Å². The molecule has 0 bridgehead atoms. The summed E-state index contributed by atoms with van der Waals surface area (Å²) >= 11 is 12.4. The molecule has 1 heterocycles. The molecule has 0 aliphatic heterocycles. The van der Waals surface area contributed by atoms with Gasteiger partial charge in [0.15, 0.2) is 0 Å². The zero-order valence-electron chi connectivity index (χ0n) is 12.7. The van der Waals surface area contributed by atoms with Gasteiger partial charge in [-0.05, 0) is 23.6 Å². The van der Waals surface area contributed by atoms with Crippen LogP contribution in [0.25, 0.3) is 5.69 Å². The molecule has 114 valence electrons. The summed E-state index contributed by atoms with van der Waals surface area (Å²) in [6.07, 6.45) is 0. The lowest BCUT2D eigenvalue weighted by Gasteiger charge is -2.12. The summed E-state index contributed by atoms with van der Waals surface area (Å²) < 4.78 is 6.41. The molecule has 0 radical (unpaired) electrons. The van der Waals surface area contributed by atoms with Gasteiger partial charge in [-0.1, -0.05) is 57.8 Å². The lowest BCUT2D eigenvalue weighted by Crippen LogP contribution is -2.15. The number of hydrogen-bond acceptors (Lipinski definition) is 3. The fourth-order valence-corrected chi connectivity index (χ4v) is 2.57. The normalized spacial score (nSPS) is 12.2. The van der Waals surface area contributed by atoms with Crippen molar-refractivity contribution in [2.24, 2.45) is 0 Å². The molecule has 0 amide bonds. The minimum Gasteiger partial charge on any atom is -0.391 e. The Morgan fingerprint density at radius 2 is 1.81 bits per heavy atom. The Kier molecular flexibility index (Phi) is 4.22. The highest BCUT2D eigenvalue weighted by Crippen LogP contribution is 2.32. The van der Waals surface area contributed by atoms with Crippen LogP contribution in [0.2, 0.25) is 10.0 Å². The van der Waals surface area contributed by atoms with E-state index in [1.165, 1.54) is 4.68 Å². The fourth-order valence-electron chi connectivity index (χ4n) is 1.89. The second kappa shape index (κ2) is 5.50. The molecule has 0 unspecified atom stereocenters. The summed E-state index contributed by atoms with van der Waals surface area (Å²) in [6, 6.07) is 3.41. The molecular formula is C15H18Cl2N2O2. The predicted molar refractivity (Wildman–Crippen MR) is 84.9 cm³/mol. The number of hydrogen-bond donors (Lipinski definition) is 0. The van der Waals surface area contributed by atoms with E-state index in [9.17, 15) is 4.79 Å². The first-order valence-electron chi connectivity index (χ1n) is 6.71. The largest absolute Gasteiger partial charge is 0.442 e. The lowest BCUT2D eigenvalue weighted by molar-refractivity contribution is 0.375. The van der Waals surface area contributed by atoms with Gasteiger partial charge in [0.25, 0.3) is 0 Å². The Bertz CT molecular complexity index is 724. The third kappa shape index (κ3) is 3.16. The number of aromatic nitrogens is 2. The van der Waals surface area contributed by atoms with Crippen LogP contribution in [-0.2, 0) is 5.41 Å². The van der Waals surface area contributed by atoms with E-state index in [2.05, 4.69) is 5.10 Å². The summed E-state index contributed by atoms with van der Waals surface area (Å²) in [5.41, 5.74) is 1.03. The first-order valence-corrected chi connectivity index (χ1v) is 7.47. The quantitative estimate of drug-likeness (QED) is 0.812. The van der Waals surface area contributed by atoms with Crippen molar-refractivity contribution in [2.75, 3.05) is 0 Å². The molecule has 21 heavy (non-hydrogen) atoms. The lowest BCUT2D eigenvalue weighted by atomic mass is 9.97. The Morgan fingerprint density at radius 3 is 2.29 bits per heavy atom. The van der Waals surface area contributed by atoms with E-state index in [1.807, 2.05) is 34.6 Å². The number of benzene rings is 1. The molecule has 0 aliphatic carbocycles. The molecule has 0 saturated carbocycles. The number of nitrogens with zero attached hydrogens (tertiary/aromatic N) is 2. The van der Waals surface area contributed by atoms with Crippen molar-refractivity contribution < 1.29 is 4.42 Å². The fraction of sp³-hybridized carbons (Fsp3) is 0.467. The smallest absolute Gasteiger partial charge is 0.391 e. The van der Waals surface area contributed by atoms with Gasteiger partial charge < -0.3 is 4.42 Å². The van der Waals surface area contributed by atoms with Crippen molar-refractivity contribution in [2.45, 2.75) is 46.0 Å². The number of rotatable bonds is 2. The summed E-state index contributed by atoms with van der Waals surface area (Å²) in [7, 11) is 0. The first-order chi connectivity index (χ1) is 9.61. The van der Waals surface area contributed by atoms with Crippen LogP contribution >= 0.6 is 23.2 Å². The minimum absolute atomic E-state index is 0.207. The maximum Gasteiger partial charge on any atom is 0.442 e. The van der Waals surface area contributed by atoms with Crippen LogP contribution in [0.1, 0.15) is 52.0 Å². The van der Waals surface area contributed by atoms with Crippen LogP contribution in [-0.4, -0.2) is 9.78 Å². The summed E-state index contributed by atoms with van der Waals surface area (Å²) in [5.74, 6) is 0.0154. The van der Waals surface area contributed by atoms with Crippen LogP contribution in [0.3, 0.4) is 0 Å². The van der Waals surface area contributed by atoms with Crippen molar-refractivity contribution in [1.82, 2.24) is 9.78 Å². The van der Waals surface area contributed by atoms with Gasteiger partial charge in [0.05, 0.1) is 10.7 Å². The average molecular weight is 329 g/mol. The Balaban J connectivity index is 2.65. The van der Waals surface area contributed by atoms with E-state index in [4.69, 9.17) is 27.6 Å². The molecule has 1 aromatic heterocycles. The third-order valence-corrected chi connectivity index (χ3v) is 3.74. The van der Waals surface area contributed by atoms with E-state index in [-0.39, 0.29) is 11.3 Å². The van der Waals surface area contributed by atoms with Crippen molar-refractivity contribution in [1.29, 1.82) is 0 Å². The summed E-state index contributed by atoms with van der Waals surface area (Å²) in [6.45, 7) is 9.80. The van der Waals surface area contributed by atoms with Gasteiger partial charge in [0.1, 0.15) is 0 Å². The first kappa shape index (κ1) is 16.1. The summed E-state index contributed by atoms with van der Waals surface area (Å²) in [4.78, 5) is 12.0. The van der Waals surface area contributed by atoms with Gasteiger partial charge in [0.2, 0.25) is 5.89 Å². The molecule has 4 nitrogen and oxygen atoms in total. The van der Waals surface area contributed by atoms with Crippen molar-refractivity contribution >= 4 is 23.2 Å². The Labute approximate surface area is 133 Å². The molecule has 2 rings (SSSR count). The molecule has 0 spiro atoms. The van der Waals surface area contributed by atoms with Crippen LogP contribution in [0, 0.1) is 0 Å². The molecule has 6 heteroatoms. The highest BCUT2D eigenvalue weighted by Gasteiger charge is 2.24. The van der Waals surface area contributed by atoms with Crippen LogP contribution in [0.5, 0.6) is 0 Å². The van der Waals surface area contributed by atoms with Crippen LogP contribution < -0.4 is 5.76 Å². The second-order valence-corrected chi connectivity index (χ2v) is 7.13. The maximum atomic E-state index is 12.0. The number of halogens is 2. The zero-order chi connectivity index (χ0) is 15.9. The Morgan fingerprint density at radius 1 is 1.19 bits per heavy atom. The van der Waals surface area contributed by atoms with E-state index >= 15 is 0 Å². The highest BCUT2D eigenvalue weighted by molar-refractivity contribution is 6.36. The average Bonchev–Trinajstić information content (AvgIpc) is 2.70. The van der Waals surface area contributed by atoms with Crippen molar-refractivity contribution in [3.8, 4) is 5.69 Å². The zero-order valence-corrected chi connectivity index (χ0v) is 14.2. The van der Waals surface area contributed by atoms with Gasteiger partial charge in [-0.3, -0.25) is 0 Å². The highest BCUT2D eigenvalue weighted by atomic mass is 35.5. The SMILES string of the molecule is CC(C)c1cc(-n2nc(C(C)(C)C)oc2=O)c(Cl)cc1Cl. The van der Waals surface area contributed by atoms with Crippen molar-refractivity contribution in [3.05, 3.63) is 44.2 Å². The van der Waals surface area contributed by atoms with Crippen LogP contribution in [0.15, 0.2) is 21.3 Å². The molecule has 0 N–H and O–H groups in total. The van der Waals surface area contributed by atoms with Crippen LogP contribution in [0.4, 0.5) is 0 Å². The Hall–Kier alpha value is -1.26. The maximum absolute atomic E-state index is 12.0. The molecule has 0 aliphatic rings. The van der Waals surface area contributed by atoms with Gasteiger partial charge in [-0.15, -0.1) is 5.10 Å². The van der Waals surface area contributed by atoms with E-state index < -0.39 is 5.76 Å². The topological polar surface area (TPSA) is 48.0 Å². The van der Waals surface area contributed by atoms with Gasteiger partial charge in [-0.2, -0.15) is 4.68 Å². The van der Waals surface area contributed by atoms with Crippen molar-refractivity contribution in [3.63, 3.8) is 0 Å². The van der Waals surface area contributed by atoms with Gasteiger partial charge in [0, 0.05) is 10.4 Å². The molecule has 0 saturated heterocycles. The van der Waals surface area contributed by atoms with E-state index in [0.29, 0.717) is 21.6 Å². The van der Waals surface area contributed by atoms with E-state index in [1.54, 1.807) is 12.1 Å². The van der Waals surface area contributed by atoms with Gasteiger partial charge in [-0.25, -0.2) is 4.79 Å². The molecule has 0 fully saturated rings. The second-order valence-electron chi connectivity index (χ2n) is 6.31. The molecule has 0 atom stereocenters. The standard InChI is InChI=1S/C15H18Cl2N2O2/c1-8(2)9-6-12(11(17)7-10(9)16)19-14(20)21-13(18-19)15(3,4)5/h6-8H,1-5H3. The van der Waals surface area contributed by atoms with E-state index in [0.717, 1.165) is 5.56 Å². The molecule has 1 aromatic carbocycles. The molecule has 2 aromatic rings. The summed E-state index contributed by atoms with van der Waals surface area (Å²) in [5, 5.41) is 5.19. The minimum atomic E-state index is -0.557. The third-order valence-electron chi connectivity index (χ3n) is 3.11. The monoisotopic (exact) mass is 328 g/mol. The molecular weight excluding hydrogens is 311 g/mol.